The van der Waals surface area contributed by atoms with Gasteiger partial charge in [-0.15, -0.1) is 0 Å². The molecule has 2 aromatic carbocycles. The number of hydrogen-bond donors (Lipinski definition) is 1. The second-order valence-electron chi connectivity index (χ2n) is 12.3. The number of ether oxygens (including phenoxy) is 2. The highest BCUT2D eigenvalue weighted by Gasteiger charge is 2.67. The van der Waals surface area contributed by atoms with E-state index in [2.05, 4.69) is 29.6 Å². The summed E-state index contributed by atoms with van der Waals surface area (Å²) in [4.78, 5) is 29.5. The van der Waals surface area contributed by atoms with Gasteiger partial charge in [-0.2, -0.15) is 0 Å². The summed E-state index contributed by atoms with van der Waals surface area (Å²) in [6.45, 7) is 7.88. The van der Waals surface area contributed by atoms with Crippen LogP contribution in [0.25, 0.3) is 0 Å². The van der Waals surface area contributed by atoms with Gasteiger partial charge in [0.05, 0.1) is 13.2 Å². The maximum absolute atomic E-state index is 13.2. The van der Waals surface area contributed by atoms with Crippen LogP contribution >= 0.6 is 0 Å². The van der Waals surface area contributed by atoms with Gasteiger partial charge in [0.1, 0.15) is 11.4 Å². The monoisotopic (exact) mass is 503 g/mol. The van der Waals surface area contributed by atoms with Crippen LogP contribution in [0.1, 0.15) is 62.3 Å². The lowest BCUT2D eigenvalue weighted by atomic mass is 9.89. The van der Waals surface area contributed by atoms with E-state index in [9.17, 15) is 9.59 Å². The van der Waals surface area contributed by atoms with Crippen LogP contribution in [-0.2, 0) is 16.1 Å². The Bertz CT molecular complexity index is 1240. The Labute approximate surface area is 219 Å². The van der Waals surface area contributed by atoms with E-state index in [1.165, 1.54) is 5.56 Å². The van der Waals surface area contributed by atoms with Crippen LogP contribution in [-0.4, -0.2) is 49.7 Å². The largest absolute Gasteiger partial charge is 0.496 e. The third-order valence-corrected chi connectivity index (χ3v) is 8.69. The van der Waals surface area contributed by atoms with Crippen molar-refractivity contribution in [1.29, 1.82) is 0 Å². The summed E-state index contributed by atoms with van der Waals surface area (Å²) in [6, 6.07) is 14.6. The summed E-state index contributed by atoms with van der Waals surface area (Å²) >= 11 is 0. The molecule has 2 aliphatic carbocycles. The third-order valence-electron chi connectivity index (χ3n) is 8.69. The molecular weight excluding hydrogens is 466 g/mol. The Morgan fingerprint density at radius 1 is 1.16 bits per heavy atom. The lowest BCUT2D eigenvalue weighted by molar-refractivity contribution is -0.119. The van der Waals surface area contributed by atoms with E-state index in [1.54, 1.807) is 7.11 Å². The van der Waals surface area contributed by atoms with E-state index in [0.717, 1.165) is 42.0 Å². The normalized spacial score (nSPS) is 29.4. The summed E-state index contributed by atoms with van der Waals surface area (Å²) in [7, 11) is 3.59. The Morgan fingerprint density at radius 2 is 1.92 bits per heavy atom. The van der Waals surface area contributed by atoms with Gasteiger partial charge in [0, 0.05) is 49.3 Å². The average Bonchev–Trinajstić information content (AvgIpc) is 3.77. The van der Waals surface area contributed by atoms with Gasteiger partial charge in [-0.1, -0.05) is 30.3 Å². The molecule has 2 aliphatic heterocycles. The molecule has 0 bridgehead atoms. The Morgan fingerprint density at radius 3 is 2.62 bits per heavy atom. The lowest BCUT2D eigenvalue weighted by Gasteiger charge is -2.34. The molecule has 2 amide bonds. The maximum Gasteiger partial charge on any atom is 0.410 e. The van der Waals surface area contributed by atoms with Crippen LogP contribution in [0.2, 0.25) is 0 Å². The molecule has 196 valence electrons. The van der Waals surface area contributed by atoms with Crippen molar-refractivity contribution in [3.63, 3.8) is 0 Å². The Kier molecular flexibility index (Phi) is 5.57. The summed E-state index contributed by atoms with van der Waals surface area (Å²) < 4.78 is 11.6. The number of fused-ring (bicyclic) bond motifs is 4. The van der Waals surface area contributed by atoms with Crippen LogP contribution in [0.5, 0.6) is 5.75 Å². The van der Waals surface area contributed by atoms with E-state index in [4.69, 9.17) is 9.47 Å². The number of piperidine rings is 1. The van der Waals surface area contributed by atoms with Crippen LogP contribution < -0.4 is 15.0 Å². The molecule has 2 saturated carbocycles. The fourth-order valence-corrected chi connectivity index (χ4v) is 6.75. The minimum absolute atomic E-state index is 0.0201. The van der Waals surface area contributed by atoms with Crippen molar-refractivity contribution in [2.75, 3.05) is 32.1 Å². The zero-order valence-electron chi connectivity index (χ0n) is 22.4. The van der Waals surface area contributed by atoms with Crippen molar-refractivity contribution >= 4 is 17.7 Å². The number of rotatable bonds is 6. The number of nitrogens with one attached hydrogen (secondary N) is 1. The molecule has 37 heavy (non-hydrogen) atoms. The van der Waals surface area contributed by atoms with Gasteiger partial charge in [0.2, 0.25) is 5.91 Å². The molecule has 0 unspecified atom stereocenters. The van der Waals surface area contributed by atoms with Crippen LogP contribution in [0.15, 0.2) is 42.5 Å². The standard InChI is InChI=1S/C30H37N3O4/c1-29(2,3)37-28(35)33-16-20-14-30(20,26(33)18-9-7-6-8-10-18)17-31-15-19-11-24-22(13-25(19)36-5)21-12-23(21)27(34)32(24)4/h6-11,13,20-21,23,26,31H,12,14-17H2,1-5H3/t20-,21-,23-,26+,30+/m1/s1. The SMILES string of the molecule is COc1cc2c(cc1CNC[C@@]13C[C@@H]1CN(C(=O)OC(C)(C)C)[C@H]3c1ccccc1)N(C)C(=O)[C@@H]1C[C@H]21. The number of carbonyl (C=O) groups excluding carboxylic acids is 2. The summed E-state index contributed by atoms with van der Waals surface area (Å²) in [5.74, 6) is 2.01. The van der Waals surface area contributed by atoms with E-state index >= 15 is 0 Å². The highest BCUT2D eigenvalue weighted by molar-refractivity contribution is 6.01. The van der Waals surface area contributed by atoms with E-state index in [-0.39, 0.29) is 29.4 Å². The minimum atomic E-state index is -0.533. The first kappa shape index (κ1) is 24.3. The van der Waals surface area contributed by atoms with Gasteiger partial charge in [0.25, 0.3) is 0 Å². The molecule has 0 spiro atoms. The van der Waals surface area contributed by atoms with Crippen molar-refractivity contribution in [3.05, 3.63) is 59.2 Å². The highest BCUT2D eigenvalue weighted by Crippen LogP contribution is 2.67. The first-order valence-corrected chi connectivity index (χ1v) is 13.4. The van der Waals surface area contributed by atoms with Gasteiger partial charge >= 0.3 is 6.09 Å². The number of carbonyl (C=O) groups is 2. The molecule has 6 rings (SSSR count). The minimum Gasteiger partial charge on any atom is -0.496 e. The molecule has 7 nitrogen and oxygen atoms in total. The van der Waals surface area contributed by atoms with Crippen LogP contribution in [0, 0.1) is 17.3 Å². The average molecular weight is 504 g/mol. The quantitative estimate of drug-likeness (QED) is 0.610. The van der Waals surface area contributed by atoms with Crippen molar-refractivity contribution in [3.8, 4) is 5.75 Å². The maximum atomic E-state index is 13.2. The third kappa shape index (κ3) is 4.08. The fraction of sp³-hybridized carbons (Fsp3) is 0.533. The molecule has 2 aromatic rings. The molecule has 5 atom stereocenters. The van der Waals surface area contributed by atoms with Gasteiger partial charge in [-0.25, -0.2) is 4.79 Å². The number of methoxy groups -OCH3 is 1. The highest BCUT2D eigenvalue weighted by atomic mass is 16.6. The Balaban J connectivity index is 1.22. The van der Waals surface area contributed by atoms with Crippen molar-refractivity contribution < 1.29 is 19.1 Å². The molecule has 0 radical (unpaired) electrons. The first-order valence-electron chi connectivity index (χ1n) is 13.4. The predicted octanol–water partition coefficient (Wildman–Crippen LogP) is 4.86. The van der Waals surface area contributed by atoms with Gasteiger partial charge in [-0.3, -0.25) is 4.79 Å². The molecule has 3 fully saturated rings. The predicted molar refractivity (Wildman–Crippen MR) is 142 cm³/mol. The topological polar surface area (TPSA) is 71.1 Å². The zero-order valence-corrected chi connectivity index (χ0v) is 22.4. The van der Waals surface area contributed by atoms with Gasteiger partial charge in [0.15, 0.2) is 0 Å². The molecule has 0 aromatic heterocycles. The van der Waals surface area contributed by atoms with Crippen LogP contribution in [0.4, 0.5) is 10.5 Å². The van der Waals surface area contributed by atoms with Gasteiger partial charge < -0.3 is 24.6 Å². The van der Waals surface area contributed by atoms with Crippen molar-refractivity contribution in [2.45, 2.75) is 57.7 Å². The number of hydrogen-bond acceptors (Lipinski definition) is 5. The van der Waals surface area contributed by atoms with Gasteiger partial charge in [-0.05, 0) is 68.7 Å². The van der Waals surface area contributed by atoms with E-state index in [1.807, 2.05) is 55.8 Å². The smallest absolute Gasteiger partial charge is 0.410 e. The number of anilines is 1. The number of nitrogens with zero attached hydrogens (tertiary/aromatic N) is 2. The zero-order chi connectivity index (χ0) is 26.1. The first-order chi connectivity index (χ1) is 17.6. The van der Waals surface area contributed by atoms with Crippen molar-refractivity contribution in [1.82, 2.24) is 10.2 Å². The number of amides is 2. The molecule has 2 heterocycles. The van der Waals surface area contributed by atoms with Crippen LogP contribution in [0.3, 0.4) is 0 Å². The fourth-order valence-electron chi connectivity index (χ4n) is 6.75. The van der Waals surface area contributed by atoms with E-state index in [0.29, 0.717) is 24.9 Å². The summed E-state index contributed by atoms with van der Waals surface area (Å²) in [5.41, 5.74) is 3.87. The molecule has 7 heteroatoms. The second-order valence-corrected chi connectivity index (χ2v) is 12.3. The Hall–Kier alpha value is -3.06. The van der Waals surface area contributed by atoms with E-state index < -0.39 is 5.60 Å². The lowest BCUT2D eigenvalue weighted by Crippen LogP contribution is -2.41. The molecule has 1 N–H and O–H groups in total. The number of likely N-dealkylation sites (tertiary alicyclic amines) is 1. The molecule has 1 saturated heterocycles. The molecule has 4 aliphatic rings. The molecular formula is C30H37N3O4. The van der Waals surface area contributed by atoms with Crippen molar-refractivity contribution in [2.24, 2.45) is 17.3 Å². The summed E-state index contributed by atoms with van der Waals surface area (Å²) in [6.07, 6.45) is 1.78. The second kappa shape index (κ2) is 8.48. The number of benzene rings is 2. The summed E-state index contributed by atoms with van der Waals surface area (Å²) in [5, 5.41) is 3.70.